The van der Waals surface area contributed by atoms with Gasteiger partial charge < -0.3 is 4.90 Å². The Balaban J connectivity index is 1.46. The van der Waals surface area contributed by atoms with Gasteiger partial charge in [-0.1, -0.05) is 12.1 Å². The van der Waals surface area contributed by atoms with Gasteiger partial charge in [-0.15, -0.1) is 0 Å². The van der Waals surface area contributed by atoms with Crippen LogP contribution in [0.5, 0.6) is 0 Å². The van der Waals surface area contributed by atoms with Crippen molar-refractivity contribution in [1.29, 1.82) is 0 Å². The van der Waals surface area contributed by atoms with E-state index in [0.717, 1.165) is 6.26 Å². The number of halogens is 2. The van der Waals surface area contributed by atoms with Gasteiger partial charge in [0.25, 0.3) is 10.1 Å². The standard InChI is InChI=1S/C18H21F2NO4S/c1-26(23,24)25-11-17-8-18(9-17,10-17)16(22)21-7-14(20)6-15(21)12-3-2-4-13(19)5-12/h2-5,14-15H,6-11H2,1H3. The molecule has 142 valence electrons. The maximum absolute atomic E-state index is 14.0. The van der Waals surface area contributed by atoms with E-state index in [1.807, 2.05) is 0 Å². The van der Waals surface area contributed by atoms with Gasteiger partial charge in [-0.05, 0) is 42.4 Å². The summed E-state index contributed by atoms with van der Waals surface area (Å²) in [5.41, 5.74) is -0.168. The Morgan fingerprint density at radius 1 is 1.35 bits per heavy atom. The Morgan fingerprint density at radius 3 is 2.65 bits per heavy atom. The van der Waals surface area contributed by atoms with Gasteiger partial charge in [0.1, 0.15) is 12.0 Å². The number of benzene rings is 1. The molecule has 1 amide bonds. The van der Waals surface area contributed by atoms with Crippen molar-refractivity contribution in [3.63, 3.8) is 0 Å². The minimum Gasteiger partial charge on any atom is -0.332 e. The predicted octanol–water partition coefficient (Wildman–Crippen LogP) is 2.58. The third kappa shape index (κ3) is 2.93. The molecular weight excluding hydrogens is 364 g/mol. The molecule has 3 saturated carbocycles. The van der Waals surface area contributed by atoms with Gasteiger partial charge >= 0.3 is 0 Å². The topological polar surface area (TPSA) is 63.7 Å². The first kappa shape index (κ1) is 17.9. The van der Waals surface area contributed by atoms with Crippen molar-refractivity contribution in [2.45, 2.75) is 37.9 Å². The van der Waals surface area contributed by atoms with Gasteiger partial charge in [0.2, 0.25) is 5.91 Å². The molecule has 1 heterocycles. The molecule has 1 aliphatic heterocycles. The van der Waals surface area contributed by atoms with E-state index in [-0.39, 0.29) is 30.9 Å². The van der Waals surface area contributed by atoms with Crippen molar-refractivity contribution in [2.75, 3.05) is 19.4 Å². The van der Waals surface area contributed by atoms with Crippen LogP contribution in [0.15, 0.2) is 24.3 Å². The zero-order valence-corrected chi connectivity index (χ0v) is 15.3. The predicted molar refractivity (Wildman–Crippen MR) is 89.9 cm³/mol. The molecule has 4 fully saturated rings. The van der Waals surface area contributed by atoms with Crippen molar-refractivity contribution < 1.29 is 26.2 Å². The average molecular weight is 385 g/mol. The SMILES string of the molecule is CS(=O)(=O)OCC12CC(C(=O)N3CC(F)CC3c3cccc(F)c3)(C1)C2. The highest BCUT2D eigenvalue weighted by Gasteiger charge is 2.72. The van der Waals surface area contributed by atoms with Crippen LogP contribution in [-0.4, -0.2) is 44.8 Å². The molecule has 8 heteroatoms. The summed E-state index contributed by atoms with van der Waals surface area (Å²) in [4.78, 5) is 14.6. The monoisotopic (exact) mass is 385 g/mol. The number of alkyl halides is 1. The number of amides is 1. The molecule has 0 radical (unpaired) electrons. The Morgan fingerprint density at radius 2 is 2.04 bits per heavy atom. The van der Waals surface area contributed by atoms with Gasteiger partial charge in [0.05, 0.1) is 30.9 Å². The number of nitrogens with zero attached hydrogens (tertiary/aromatic N) is 1. The molecule has 4 aliphatic rings. The minimum absolute atomic E-state index is 0.0224. The van der Waals surface area contributed by atoms with E-state index in [2.05, 4.69) is 0 Å². The molecule has 2 bridgehead atoms. The van der Waals surface area contributed by atoms with Crippen LogP contribution in [-0.2, 0) is 19.1 Å². The van der Waals surface area contributed by atoms with Crippen molar-refractivity contribution in [3.05, 3.63) is 35.6 Å². The number of carbonyl (C=O) groups excluding carboxylic acids is 1. The second kappa shape index (κ2) is 5.73. The quantitative estimate of drug-likeness (QED) is 0.731. The van der Waals surface area contributed by atoms with Crippen molar-refractivity contribution in [3.8, 4) is 0 Å². The lowest BCUT2D eigenvalue weighted by Gasteiger charge is -2.69. The van der Waals surface area contributed by atoms with Crippen LogP contribution in [0.2, 0.25) is 0 Å². The zero-order valence-electron chi connectivity index (χ0n) is 14.5. The fourth-order valence-electron chi connectivity index (χ4n) is 4.95. The van der Waals surface area contributed by atoms with Crippen LogP contribution >= 0.6 is 0 Å². The average Bonchev–Trinajstić information content (AvgIpc) is 2.85. The summed E-state index contributed by atoms with van der Waals surface area (Å²) in [6, 6.07) is 5.51. The normalized spacial score (nSPS) is 35.7. The molecule has 5 rings (SSSR count). The van der Waals surface area contributed by atoms with Crippen LogP contribution in [0.25, 0.3) is 0 Å². The number of carbonyl (C=O) groups is 1. The number of hydrogen-bond donors (Lipinski definition) is 0. The Kier molecular flexibility index (Phi) is 3.93. The third-order valence-electron chi connectivity index (χ3n) is 5.92. The number of rotatable bonds is 5. The summed E-state index contributed by atoms with van der Waals surface area (Å²) in [5.74, 6) is -0.507. The van der Waals surface area contributed by atoms with E-state index in [0.29, 0.717) is 24.8 Å². The van der Waals surface area contributed by atoms with E-state index in [1.165, 1.54) is 12.1 Å². The lowest BCUT2D eigenvalue weighted by molar-refractivity contribution is -0.226. The highest BCUT2D eigenvalue weighted by atomic mass is 32.2. The highest BCUT2D eigenvalue weighted by molar-refractivity contribution is 7.85. The van der Waals surface area contributed by atoms with Crippen LogP contribution < -0.4 is 0 Å². The molecular formula is C18H21F2NO4S. The van der Waals surface area contributed by atoms with Crippen LogP contribution in [0.4, 0.5) is 8.78 Å². The molecule has 5 nitrogen and oxygen atoms in total. The van der Waals surface area contributed by atoms with Crippen LogP contribution in [0.1, 0.15) is 37.3 Å². The lowest BCUT2D eigenvalue weighted by Crippen LogP contribution is -2.69. The first-order valence-corrected chi connectivity index (χ1v) is 10.5. The molecule has 0 N–H and O–H groups in total. The summed E-state index contributed by atoms with van der Waals surface area (Å²) in [5, 5.41) is 0. The van der Waals surface area contributed by atoms with E-state index < -0.39 is 33.6 Å². The molecule has 0 spiro atoms. The molecule has 2 atom stereocenters. The minimum atomic E-state index is -3.50. The summed E-state index contributed by atoms with van der Waals surface area (Å²) in [7, 11) is -3.50. The first-order valence-electron chi connectivity index (χ1n) is 8.67. The van der Waals surface area contributed by atoms with E-state index in [9.17, 15) is 22.0 Å². The van der Waals surface area contributed by atoms with Crippen molar-refractivity contribution >= 4 is 16.0 Å². The molecule has 0 aromatic heterocycles. The van der Waals surface area contributed by atoms with E-state index in [1.54, 1.807) is 17.0 Å². The molecule has 26 heavy (non-hydrogen) atoms. The van der Waals surface area contributed by atoms with Crippen LogP contribution in [0.3, 0.4) is 0 Å². The largest absolute Gasteiger partial charge is 0.332 e. The molecule has 3 aliphatic carbocycles. The molecule has 1 aromatic carbocycles. The fraction of sp³-hybridized carbons (Fsp3) is 0.611. The van der Waals surface area contributed by atoms with Gasteiger partial charge in [-0.2, -0.15) is 8.42 Å². The third-order valence-corrected chi connectivity index (χ3v) is 6.46. The maximum Gasteiger partial charge on any atom is 0.264 e. The van der Waals surface area contributed by atoms with Gasteiger partial charge in [0.15, 0.2) is 0 Å². The van der Waals surface area contributed by atoms with Gasteiger partial charge in [-0.3, -0.25) is 8.98 Å². The Bertz CT molecular complexity index is 837. The molecule has 1 saturated heterocycles. The second-order valence-electron chi connectivity index (χ2n) is 8.14. The second-order valence-corrected chi connectivity index (χ2v) is 9.78. The Labute approximate surface area is 151 Å². The number of likely N-dealkylation sites (tertiary alicyclic amines) is 1. The summed E-state index contributed by atoms with van der Waals surface area (Å²) in [6.07, 6.45) is 1.76. The smallest absolute Gasteiger partial charge is 0.264 e. The van der Waals surface area contributed by atoms with Gasteiger partial charge in [-0.25, -0.2) is 8.78 Å². The van der Waals surface area contributed by atoms with Crippen LogP contribution in [0, 0.1) is 16.6 Å². The highest BCUT2D eigenvalue weighted by Crippen LogP contribution is 2.74. The van der Waals surface area contributed by atoms with Crippen molar-refractivity contribution in [1.82, 2.24) is 4.90 Å². The summed E-state index contributed by atoms with van der Waals surface area (Å²) >= 11 is 0. The lowest BCUT2D eigenvalue weighted by atomic mass is 9.35. The van der Waals surface area contributed by atoms with Gasteiger partial charge in [0, 0.05) is 6.42 Å². The zero-order chi connectivity index (χ0) is 18.7. The maximum atomic E-state index is 14.0. The first-order chi connectivity index (χ1) is 12.1. The Hall–Kier alpha value is -1.54. The number of hydrogen-bond acceptors (Lipinski definition) is 4. The fourth-order valence-corrected chi connectivity index (χ4v) is 5.42. The van der Waals surface area contributed by atoms with E-state index >= 15 is 0 Å². The molecule has 1 aromatic rings. The summed E-state index contributed by atoms with van der Waals surface area (Å²) < 4.78 is 54.8. The van der Waals surface area contributed by atoms with E-state index in [4.69, 9.17) is 4.18 Å². The molecule has 2 unspecified atom stereocenters. The van der Waals surface area contributed by atoms with Crippen molar-refractivity contribution in [2.24, 2.45) is 10.8 Å². The summed E-state index contributed by atoms with van der Waals surface area (Å²) in [6.45, 7) is 0.120.